The van der Waals surface area contributed by atoms with E-state index < -0.39 is 0 Å². The fourth-order valence-electron chi connectivity index (χ4n) is 1.65. The summed E-state index contributed by atoms with van der Waals surface area (Å²) in [5, 5.41) is 6.10. The third-order valence-electron chi connectivity index (χ3n) is 2.32. The summed E-state index contributed by atoms with van der Waals surface area (Å²) in [6.45, 7) is 0. The number of hydrogen-bond donors (Lipinski definition) is 1. The molecular weight excluding hydrogens is 162 g/mol. The molecule has 0 saturated carbocycles. The van der Waals surface area contributed by atoms with E-state index in [0.29, 0.717) is 6.04 Å². The Labute approximate surface area is 77.9 Å². The summed E-state index contributed by atoms with van der Waals surface area (Å²) in [5.41, 5.74) is 6.93. The van der Waals surface area contributed by atoms with Crippen LogP contribution in [-0.4, -0.2) is 17.9 Å². The van der Waals surface area contributed by atoms with E-state index in [2.05, 4.69) is 17.2 Å². The van der Waals surface area contributed by atoms with Gasteiger partial charge in [-0.1, -0.05) is 30.3 Å². The Balaban J connectivity index is 2.21. The highest BCUT2D eigenvalue weighted by atomic mass is 15.5. The predicted molar refractivity (Wildman–Crippen MR) is 53.2 cm³/mol. The second-order valence-electron chi connectivity index (χ2n) is 3.30. The van der Waals surface area contributed by atoms with Crippen molar-refractivity contribution in [3.05, 3.63) is 35.9 Å². The van der Waals surface area contributed by atoms with Gasteiger partial charge in [-0.25, -0.2) is 0 Å². The molecule has 0 saturated heterocycles. The molecule has 0 aromatic heterocycles. The van der Waals surface area contributed by atoms with Crippen molar-refractivity contribution in [3.8, 4) is 0 Å². The molecule has 0 spiro atoms. The van der Waals surface area contributed by atoms with Crippen molar-refractivity contribution in [1.82, 2.24) is 5.01 Å². The molecule has 2 rings (SSSR count). The van der Waals surface area contributed by atoms with Crippen molar-refractivity contribution < 1.29 is 0 Å². The molecule has 68 valence electrons. The Hall–Kier alpha value is -1.51. The maximum absolute atomic E-state index is 5.66. The van der Waals surface area contributed by atoms with E-state index in [0.717, 1.165) is 12.3 Å². The van der Waals surface area contributed by atoms with Gasteiger partial charge in [0.05, 0.1) is 6.04 Å². The van der Waals surface area contributed by atoms with Crippen molar-refractivity contribution >= 4 is 5.84 Å². The van der Waals surface area contributed by atoms with Crippen LogP contribution in [0.15, 0.2) is 35.4 Å². The van der Waals surface area contributed by atoms with E-state index in [1.165, 1.54) is 5.56 Å². The number of benzene rings is 1. The monoisotopic (exact) mass is 175 g/mol. The molecule has 1 aliphatic heterocycles. The molecular formula is C10H13N3. The van der Waals surface area contributed by atoms with Crippen LogP contribution in [0.25, 0.3) is 0 Å². The Kier molecular flexibility index (Phi) is 1.93. The molecule has 0 bridgehead atoms. The molecule has 0 radical (unpaired) electrons. The van der Waals surface area contributed by atoms with E-state index in [1.807, 2.05) is 30.3 Å². The zero-order valence-corrected chi connectivity index (χ0v) is 7.64. The summed E-state index contributed by atoms with van der Waals surface area (Å²) in [7, 11) is 1.96. The molecule has 2 N–H and O–H groups in total. The third kappa shape index (κ3) is 1.49. The smallest absolute Gasteiger partial charge is 0.122 e. The van der Waals surface area contributed by atoms with Gasteiger partial charge in [-0.15, -0.1) is 0 Å². The van der Waals surface area contributed by atoms with Gasteiger partial charge in [0.1, 0.15) is 5.84 Å². The first-order valence-corrected chi connectivity index (χ1v) is 4.38. The van der Waals surface area contributed by atoms with Gasteiger partial charge < -0.3 is 5.73 Å². The third-order valence-corrected chi connectivity index (χ3v) is 2.32. The van der Waals surface area contributed by atoms with Gasteiger partial charge >= 0.3 is 0 Å². The molecule has 1 aliphatic rings. The average Bonchev–Trinajstić information content (AvgIpc) is 2.47. The fraction of sp³-hybridized carbons (Fsp3) is 0.300. The fourth-order valence-corrected chi connectivity index (χ4v) is 1.65. The Bertz CT molecular complexity index is 318. The van der Waals surface area contributed by atoms with E-state index in [-0.39, 0.29) is 0 Å². The number of nitrogens with two attached hydrogens (primary N) is 1. The van der Waals surface area contributed by atoms with Gasteiger partial charge in [0.25, 0.3) is 0 Å². The van der Waals surface area contributed by atoms with Gasteiger partial charge in [-0.05, 0) is 5.56 Å². The van der Waals surface area contributed by atoms with Gasteiger partial charge in [0, 0.05) is 13.5 Å². The minimum atomic E-state index is 0.321. The van der Waals surface area contributed by atoms with E-state index in [1.54, 1.807) is 0 Å². The Morgan fingerprint density at radius 1 is 1.38 bits per heavy atom. The van der Waals surface area contributed by atoms with Crippen LogP contribution >= 0.6 is 0 Å². The normalized spacial score (nSPS) is 21.8. The molecule has 1 atom stereocenters. The van der Waals surface area contributed by atoms with Gasteiger partial charge in [-0.3, -0.25) is 5.01 Å². The van der Waals surface area contributed by atoms with Crippen LogP contribution in [0.3, 0.4) is 0 Å². The number of amidine groups is 1. The maximum atomic E-state index is 5.66. The van der Waals surface area contributed by atoms with Gasteiger partial charge in [-0.2, -0.15) is 5.10 Å². The molecule has 0 aliphatic carbocycles. The van der Waals surface area contributed by atoms with Gasteiger partial charge in [0.15, 0.2) is 0 Å². The standard InChI is InChI=1S/C10H13N3/c1-13-9(7-10(11)12-13)8-5-3-2-4-6-8/h2-6,9H,7H2,1H3,(H2,11,12)/t9-/m1/s1. The molecule has 1 aromatic rings. The van der Waals surface area contributed by atoms with Crippen LogP contribution in [0.4, 0.5) is 0 Å². The van der Waals surface area contributed by atoms with Crippen molar-refractivity contribution in [1.29, 1.82) is 0 Å². The maximum Gasteiger partial charge on any atom is 0.122 e. The van der Waals surface area contributed by atoms with Crippen molar-refractivity contribution in [2.45, 2.75) is 12.5 Å². The Morgan fingerprint density at radius 3 is 2.62 bits per heavy atom. The van der Waals surface area contributed by atoms with E-state index in [9.17, 15) is 0 Å². The second kappa shape index (κ2) is 3.09. The lowest BCUT2D eigenvalue weighted by Crippen LogP contribution is -2.14. The molecule has 13 heavy (non-hydrogen) atoms. The molecule has 0 unspecified atom stereocenters. The van der Waals surface area contributed by atoms with Crippen LogP contribution in [0.2, 0.25) is 0 Å². The molecule has 0 amide bonds. The molecule has 3 nitrogen and oxygen atoms in total. The summed E-state index contributed by atoms with van der Waals surface area (Å²) in [6, 6.07) is 10.6. The zero-order chi connectivity index (χ0) is 9.26. The SMILES string of the molecule is CN1N=C(N)C[C@@H]1c1ccccc1. The number of nitrogens with zero attached hydrogens (tertiary/aromatic N) is 2. The molecule has 0 fully saturated rings. The lowest BCUT2D eigenvalue weighted by atomic mass is 10.0. The van der Waals surface area contributed by atoms with Crippen molar-refractivity contribution in [2.75, 3.05) is 7.05 Å². The first-order chi connectivity index (χ1) is 6.27. The van der Waals surface area contributed by atoms with Crippen LogP contribution < -0.4 is 5.73 Å². The number of rotatable bonds is 1. The summed E-state index contributed by atoms with van der Waals surface area (Å²) in [5.74, 6) is 0.719. The summed E-state index contributed by atoms with van der Waals surface area (Å²) in [4.78, 5) is 0. The lowest BCUT2D eigenvalue weighted by Gasteiger charge is -2.18. The minimum Gasteiger partial charge on any atom is -0.386 e. The lowest BCUT2D eigenvalue weighted by molar-refractivity contribution is 0.290. The summed E-state index contributed by atoms with van der Waals surface area (Å²) < 4.78 is 0. The van der Waals surface area contributed by atoms with Crippen LogP contribution in [-0.2, 0) is 0 Å². The minimum absolute atomic E-state index is 0.321. The van der Waals surface area contributed by atoms with Crippen LogP contribution in [0.5, 0.6) is 0 Å². The van der Waals surface area contributed by atoms with Crippen molar-refractivity contribution in [3.63, 3.8) is 0 Å². The van der Waals surface area contributed by atoms with E-state index in [4.69, 9.17) is 5.73 Å². The van der Waals surface area contributed by atoms with Crippen LogP contribution in [0, 0.1) is 0 Å². The predicted octanol–water partition coefficient (Wildman–Crippen LogP) is 1.34. The number of hydrogen-bond acceptors (Lipinski definition) is 3. The van der Waals surface area contributed by atoms with Crippen LogP contribution in [0.1, 0.15) is 18.0 Å². The number of hydrazone groups is 1. The van der Waals surface area contributed by atoms with E-state index >= 15 is 0 Å². The highest BCUT2D eigenvalue weighted by Crippen LogP contribution is 2.27. The summed E-state index contributed by atoms with van der Waals surface area (Å²) in [6.07, 6.45) is 0.834. The topological polar surface area (TPSA) is 41.6 Å². The quantitative estimate of drug-likeness (QED) is 0.699. The first kappa shape index (κ1) is 8.10. The Morgan fingerprint density at radius 2 is 2.08 bits per heavy atom. The first-order valence-electron chi connectivity index (χ1n) is 4.38. The highest BCUT2D eigenvalue weighted by Gasteiger charge is 2.22. The summed E-state index contributed by atoms with van der Waals surface area (Å²) >= 11 is 0. The molecule has 1 aromatic carbocycles. The second-order valence-corrected chi connectivity index (χ2v) is 3.30. The largest absolute Gasteiger partial charge is 0.386 e. The molecule has 1 heterocycles. The zero-order valence-electron chi connectivity index (χ0n) is 7.64. The van der Waals surface area contributed by atoms with Crippen molar-refractivity contribution in [2.24, 2.45) is 10.8 Å². The van der Waals surface area contributed by atoms with Gasteiger partial charge in [0.2, 0.25) is 0 Å². The highest BCUT2D eigenvalue weighted by molar-refractivity contribution is 5.82. The average molecular weight is 175 g/mol. The molecule has 3 heteroatoms.